The maximum Gasteiger partial charge on any atom is 0.184 e. The normalized spacial score (nSPS) is 10.8. The van der Waals surface area contributed by atoms with Crippen LogP contribution in [0.25, 0.3) is 5.69 Å². The Bertz CT molecular complexity index is 842. The monoisotopic (exact) mass is 368 g/mol. The molecular weight excluding hydrogens is 359 g/mol. The van der Waals surface area contributed by atoms with Gasteiger partial charge in [0.1, 0.15) is 5.82 Å². The summed E-state index contributed by atoms with van der Waals surface area (Å²) in [6.07, 6.45) is 0. The zero-order chi connectivity index (χ0) is 15.5. The van der Waals surface area contributed by atoms with Crippen LogP contribution in [0.4, 0.5) is 4.39 Å². The van der Waals surface area contributed by atoms with Gasteiger partial charge in [0.05, 0.1) is 5.69 Å². The van der Waals surface area contributed by atoms with Crippen molar-refractivity contribution < 1.29 is 4.39 Å². The largest absolute Gasteiger partial charge is 0.211 e. The van der Waals surface area contributed by atoms with Gasteiger partial charge in [-0.2, -0.15) is 0 Å². The minimum absolute atomic E-state index is 0.198. The third-order valence-electron chi connectivity index (χ3n) is 2.91. The van der Waals surface area contributed by atoms with Crippen molar-refractivity contribution in [2.24, 2.45) is 0 Å². The number of halogens is 2. The number of aromatic nitrogens is 2. The van der Waals surface area contributed by atoms with Crippen LogP contribution in [0.5, 0.6) is 0 Å². The fourth-order valence-electron chi connectivity index (χ4n) is 1.82. The molecule has 0 unspecified atom stereocenters. The molecule has 3 aromatic rings. The third-order valence-corrected chi connectivity index (χ3v) is 5.58. The Balaban J connectivity index is 1.79. The van der Waals surface area contributed by atoms with E-state index in [9.17, 15) is 4.39 Å². The van der Waals surface area contributed by atoms with E-state index in [0.29, 0.717) is 20.3 Å². The first-order valence-corrected chi connectivity index (χ1v) is 8.94. The summed E-state index contributed by atoms with van der Waals surface area (Å²) < 4.78 is 16.8. The molecule has 2 nitrogen and oxygen atoms in total. The molecule has 7 heteroatoms. The highest BCUT2D eigenvalue weighted by Gasteiger charge is 2.08. The summed E-state index contributed by atoms with van der Waals surface area (Å²) in [4.78, 5) is 0. The van der Waals surface area contributed by atoms with E-state index in [4.69, 9.17) is 23.8 Å². The molecule has 0 aliphatic rings. The molecule has 0 radical (unpaired) electrons. The Morgan fingerprint density at radius 3 is 2.64 bits per heavy atom. The van der Waals surface area contributed by atoms with Gasteiger partial charge < -0.3 is 0 Å². The molecule has 0 fully saturated rings. The topological polar surface area (TPSA) is 17.8 Å². The Hall–Kier alpha value is -1.21. The lowest BCUT2D eigenvalue weighted by Crippen LogP contribution is -1.95. The molecule has 112 valence electrons. The molecule has 0 aliphatic carbocycles. The predicted octanol–water partition coefficient (Wildman–Crippen LogP) is 5.75. The standard InChI is InChI=1S/C15H10ClFN2S3/c16-11-5-7-12(8-6-11)19-15(20)22-14(18-19)21-9-10-3-1-2-4-13(10)17/h1-8H,9H2. The van der Waals surface area contributed by atoms with Crippen LogP contribution in [0.15, 0.2) is 52.9 Å². The van der Waals surface area contributed by atoms with Crippen molar-refractivity contribution in [3.8, 4) is 5.69 Å². The summed E-state index contributed by atoms with van der Waals surface area (Å²) in [6.45, 7) is 0. The molecule has 22 heavy (non-hydrogen) atoms. The van der Waals surface area contributed by atoms with Crippen molar-refractivity contribution in [1.82, 2.24) is 9.78 Å². The molecule has 0 saturated carbocycles. The maximum absolute atomic E-state index is 13.6. The molecular formula is C15H10ClFN2S3. The first-order chi connectivity index (χ1) is 10.6. The highest BCUT2D eigenvalue weighted by molar-refractivity contribution is 8.00. The molecule has 0 aliphatic heterocycles. The molecule has 0 bridgehead atoms. The zero-order valence-electron chi connectivity index (χ0n) is 11.2. The first kappa shape index (κ1) is 15.7. The Labute approximate surface area is 145 Å². The van der Waals surface area contributed by atoms with Crippen molar-refractivity contribution in [3.63, 3.8) is 0 Å². The summed E-state index contributed by atoms with van der Waals surface area (Å²) in [5, 5.41) is 5.15. The van der Waals surface area contributed by atoms with Crippen LogP contribution >= 0.6 is 46.9 Å². The van der Waals surface area contributed by atoms with Crippen LogP contribution in [-0.4, -0.2) is 9.78 Å². The molecule has 0 saturated heterocycles. The summed E-state index contributed by atoms with van der Waals surface area (Å²) >= 11 is 14.1. The lowest BCUT2D eigenvalue weighted by Gasteiger charge is -2.01. The average molecular weight is 369 g/mol. The van der Waals surface area contributed by atoms with E-state index in [0.717, 1.165) is 10.0 Å². The highest BCUT2D eigenvalue weighted by atomic mass is 35.5. The van der Waals surface area contributed by atoms with Crippen molar-refractivity contribution in [3.05, 3.63) is 68.9 Å². The van der Waals surface area contributed by atoms with Gasteiger partial charge in [-0.3, -0.25) is 0 Å². The second-order valence-corrected chi connectivity index (χ2v) is 7.68. The van der Waals surface area contributed by atoms with Gasteiger partial charge in [-0.05, 0) is 48.1 Å². The molecule has 2 aromatic carbocycles. The smallest absolute Gasteiger partial charge is 0.184 e. The number of hydrogen-bond acceptors (Lipinski definition) is 4. The van der Waals surface area contributed by atoms with E-state index in [1.54, 1.807) is 28.9 Å². The second-order valence-electron chi connectivity index (χ2n) is 4.40. The summed E-state index contributed by atoms with van der Waals surface area (Å²) in [5.41, 5.74) is 1.52. The van der Waals surface area contributed by atoms with Crippen LogP contribution in [0, 0.1) is 9.77 Å². The molecule has 0 N–H and O–H groups in total. The van der Waals surface area contributed by atoms with Gasteiger partial charge >= 0.3 is 0 Å². The van der Waals surface area contributed by atoms with Gasteiger partial charge in [0.15, 0.2) is 8.29 Å². The van der Waals surface area contributed by atoms with Gasteiger partial charge in [-0.15, -0.1) is 5.10 Å². The van der Waals surface area contributed by atoms with Crippen LogP contribution in [0.2, 0.25) is 5.02 Å². The van der Waals surface area contributed by atoms with Gasteiger partial charge in [0.2, 0.25) is 0 Å². The van der Waals surface area contributed by atoms with E-state index in [1.807, 2.05) is 18.2 Å². The van der Waals surface area contributed by atoms with Crippen molar-refractivity contribution in [1.29, 1.82) is 0 Å². The summed E-state index contributed by atoms with van der Waals surface area (Å²) in [7, 11) is 0. The van der Waals surface area contributed by atoms with Crippen molar-refractivity contribution >= 4 is 46.9 Å². The van der Waals surface area contributed by atoms with Gasteiger partial charge in [0.25, 0.3) is 0 Å². The van der Waals surface area contributed by atoms with Crippen LogP contribution < -0.4 is 0 Å². The van der Waals surface area contributed by atoms with Crippen LogP contribution in [0.3, 0.4) is 0 Å². The van der Waals surface area contributed by atoms with E-state index in [1.165, 1.54) is 29.2 Å². The summed E-state index contributed by atoms with van der Waals surface area (Å²) in [6, 6.07) is 14.1. The predicted molar refractivity (Wildman–Crippen MR) is 93.2 cm³/mol. The van der Waals surface area contributed by atoms with E-state index < -0.39 is 0 Å². The maximum atomic E-state index is 13.6. The molecule has 3 rings (SSSR count). The Kier molecular flexibility index (Phi) is 4.93. The van der Waals surface area contributed by atoms with Gasteiger partial charge in [-0.1, -0.05) is 52.9 Å². The number of nitrogens with zero attached hydrogens (tertiary/aromatic N) is 2. The molecule has 1 aromatic heterocycles. The molecule has 0 atom stereocenters. The lowest BCUT2D eigenvalue weighted by atomic mass is 10.2. The molecule has 0 spiro atoms. The SMILES string of the molecule is Fc1ccccc1CSc1nn(-c2ccc(Cl)cc2)c(=S)s1. The quantitative estimate of drug-likeness (QED) is 0.431. The average Bonchev–Trinajstić information content (AvgIpc) is 2.88. The Morgan fingerprint density at radius 1 is 1.18 bits per heavy atom. The van der Waals surface area contributed by atoms with Crippen LogP contribution in [-0.2, 0) is 5.75 Å². The van der Waals surface area contributed by atoms with E-state index in [2.05, 4.69) is 5.10 Å². The highest BCUT2D eigenvalue weighted by Crippen LogP contribution is 2.28. The third kappa shape index (κ3) is 3.57. The van der Waals surface area contributed by atoms with E-state index >= 15 is 0 Å². The number of rotatable bonds is 4. The number of thioether (sulfide) groups is 1. The van der Waals surface area contributed by atoms with E-state index in [-0.39, 0.29) is 5.82 Å². The summed E-state index contributed by atoms with van der Waals surface area (Å²) in [5.74, 6) is 0.325. The molecule has 0 amide bonds. The molecule has 1 heterocycles. The minimum Gasteiger partial charge on any atom is -0.211 e. The fraction of sp³-hybridized carbons (Fsp3) is 0.0667. The first-order valence-electron chi connectivity index (χ1n) is 6.36. The van der Waals surface area contributed by atoms with Crippen LogP contribution in [0.1, 0.15) is 5.56 Å². The van der Waals surface area contributed by atoms with Crippen molar-refractivity contribution in [2.45, 2.75) is 10.1 Å². The number of hydrogen-bond donors (Lipinski definition) is 0. The Morgan fingerprint density at radius 2 is 1.91 bits per heavy atom. The zero-order valence-corrected chi connectivity index (χ0v) is 14.4. The fourth-order valence-corrected chi connectivity index (χ4v) is 4.29. The van der Waals surface area contributed by atoms with Gasteiger partial charge in [-0.25, -0.2) is 9.07 Å². The lowest BCUT2D eigenvalue weighted by molar-refractivity contribution is 0.617. The van der Waals surface area contributed by atoms with Crippen molar-refractivity contribution in [2.75, 3.05) is 0 Å². The second kappa shape index (κ2) is 6.91. The van der Waals surface area contributed by atoms with Gasteiger partial charge in [0, 0.05) is 10.8 Å². The number of benzene rings is 2. The minimum atomic E-state index is -0.198.